The van der Waals surface area contributed by atoms with E-state index in [9.17, 15) is 37.1 Å². The van der Waals surface area contributed by atoms with Crippen molar-refractivity contribution in [3.05, 3.63) is 115 Å². The Hall–Kier alpha value is -4.41. The molecule has 0 amide bonds. The van der Waals surface area contributed by atoms with Gasteiger partial charge in [-0.25, -0.2) is 21.8 Å². The second kappa shape index (κ2) is 17.5. The maximum atomic E-state index is 11.4. The Bertz CT molecular complexity index is 1900. The number of ether oxygens (including phenoxy) is 1. The lowest BCUT2D eigenvalue weighted by Crippen LogP contribution is -1.98. The van der Waals surface area contributed by atoms with Gasteiger partial charge in [0.2, 0.25) is 0 Å². The van der Waals surface area contributed by atoms with Gasteiger partial charge in [-0.15, -0.1) is 0 Å². The molecule has 4 aromatic rings. The van der Waals surface area contributed by atoms with Gasteiger partial charge in [-0.05, 0) is 95.5 Å². The highest BCUT2D eigenvalue weighted by atomic mass is 79.9. The number of nitro groups is 2. The van der Waals surface area contributed by atoms with Crippen LogP contribution in [-0.4, -0.2) is 49.3 Å². The molecule has 0 aliphatic heterocycles. The third kappa shape index (κ3) is 12.7. The quantitative estimate of drug-likeness (QED) is 0.0973. The Balaban J connectivity index is 0.000000270. The maximum Gasteiger partial charge on any atom is 0.290 e. The molecule has 0 unspecified atom stereocenters. The predicted octanol–water partition coefficient (Wildman–Crippen LogP) is 7.24. The van der Waals surface area contributed by atoms with Crippen molar-refractivity contribution in [2.24, 2.45) is 0 Å². The van der Waals surface area contributed by atoms with Gasteiger partial charge in [0.15, 0.2) is 19.7 Å². The molecule has 1 heterocycles. The minimum absolute atomic E-state index is 0.0670. The van der Waals surface area contributed by atoms with E-state index in [1.165, 1.54) is 54.6 Å². The maximum absolute atomic E-state index is 11.4. The third-order valence-corrected chi connectivity index (χ3v) is 8.82. The van der Waals surface area contributed by atoms with E-state index in [0.29, 0.717) is 40.2 Å². The number of aryl methyl sites for hydroxylation is 2. The molecule has 0 aliphatic carbocycles. The Morgan fingerprint density at radius 2 is 1.19 bits per heavy atom. The highest BCUT2D eigenvalue weighted by Crippen LogP contribution is 2.29. The van der Waals surface area contributed by atoms with E-state index < -0.39 is 29.5 Å². The van der Waals surface area contributed by atoms with Crippen molar-refractivity contribution in [2.45, 2.75) is 49.3 Å². The topological polar surface area (TPSA) is 197 Å². The van der Waals surface area contributed by atoms with Gasteiger partial charge in [-0.3, -0.25) is 20.2 Å². The SMILES string of the molecule is CCCc1cc(Oc2ccc(S(C)(=O)=O)cc2)ccc1[N+](=O)[O-].CCCc1nc(Br)ccc1[N+](=O)[O-].CS(=O)(=O)c1ccc(O)cc1. The summed E-state index contributed by atoms with van der Waals surface area (Å²) in [5.41, 5.74) is 1.33. The highest BCUT2D eigenvalue weighted by Gasteiger charge is 2.15. The van der Waals surface area contributed by atoms with Gasteiger partial charge in [0.25, 0.3) is 11.4 Å². The Morgan fingerprint density at radius 1 is 0.723 bits per heavy atom. The fourth-order valence-corrected chi connectivity index (χ4v) is 5.52. The average Bonchev–Trinajstić information content (AvgIpc) is 2.98. The van der Waals surface area contributed by atoms with Crippen molar-refractivity contribution < 1.29 is 36.5 Å². The number of sulfone groups is 2. The number of nitrogens with zero attached hydrogens (tertiary/aromatic N) is 3. The second-order valence-electron chi connectivity index (χ2n) is 10.0. The minimum atomic E-state index is -3.25. The summed E-state index contributed by atoms with van der Waals surface area (Å²) >= 11 is 3.18. The number of rotatable bonds is 10. The van der Waals surface area contributed by atoms with Gasteiger partial charge >= 0.3 is 0 Å². The number of nitro benzene ring substituents is 1. The van der Waals surface area contributed by atoms with Crippen LogP contribution in [0.4, 0.5) is 11.4 Å². The second-order valence-corrected chi connectivity index (χ2v) is 14.9. The third-order valence-electron chi connectivity index (χ3n) is 6.12. The molecule has 1 N–H and O–H groups in total. The molecule has 0 bridgehead atoms. The fourth-order valence-electron chi connectivity index (χ4n) is 3.91. The first-order valence-corrected chi connectivity index (χ1v) is 18.6. The molecule has 13 nitrogen and oxygen atoms in total. The van der Waals surface area contributed by atoms with E-state index in [1.54, 1.807) is 24.3 Å². The van der Waals surface area contributed by atoms with Gasteiger partial charge in [0.05, 0.1) is 19.6 Å². The molecule has 1 aromatic heterocycles. The number of phenolic OH excluding ortho intramolecular Hbond substituents is 1. The standard InChI is InChI=1S/C16H17NO5S.C8H9BrN2O2.C7H8O3S/c1-3-4-12-11-14(7-10-16(12)17(18)19)22-13-5-8-15(9-6-13)23(2,20)21;1-2-3-6-7(11(12)13)4-5-8(9)10-6;1-11(9,10)7-4-2-6(8)3-5-7/h5-11H,3-4H2,1-2H3;4-5H,2-3H2,1H3;2-5,8H,1H3. The first-order chi connectivity index (χ1) is 22.0. The summed E-state index contributed by atoms with van der Waals surface area (Å²) in [5.74, 6) is 1.01. The van der Waals surface area contributed by atoms with Crippen LogP contribution in [0, 0.1) is 20.2 Å². The van der Waals surface area contributed by atoms with Crippen LogP contribution < -0.4 is 4.74 Å². The van der Waals surface area contributed by atoms with E-state index in [0.717, 1.165) is 25.4 Å². The fraction of sp³-hybridized carbons (Fsp3) is 0.258. The minimum Gasteiger partial charge on any atom is -0.508 e. The van der Waals surface area contributed by atoms with Gasteiger partial charge in [-0.1, -0.05) is 26.7 Å². The monoisotopic (exact) mass is 751 g/mol. The Morgan fingerprint density at radius 3 is 1.66 bits per heavy atom. The van der Waals surface area contributed by atoms with Gasteiger partial charge in [0, 0.05) is 30.2 Å². The number of hydrogen-bond acceptors (Lipinski definition) is 11. The van der Waals surface area contributed by atoms with Crippen molar-refractivity contribution >= 4 is 47.0 Å². The smallest absolute Gasteiger partial charge is 0.290 e. The van der Waals surface area contributed by atoms with Crippen LogP contribution in [0.2, 0.25) is 0 Å². The molecular formula is C31H34BrN3O10S2. The van der Waals surface area contributed by atoms with Crippen molar-refractivity contribution in [1.29, 1.82) is 0 Å². The van der Waals surface area contributed by atoms with Crippen LogP contribution in [0.3, 0.4) is 0 Å². The molecule has 0 saturated heterocycles. The van der Waals surface area contributed by atoms with Crippen LogP contribution >= 0.6 is 15.9 Å². The molecule has 3 aromatic carbocycles. The van der Waals surface area contributed by atoms with E-state index in [4.69, 9.17) is 9.84 Å². The molecule has 47 heavy (non-hydrogen) atoms. The molecule has 0 atom stereocenters. The zero-order valence-electron chi connectivity index (χ0n) is 26.0. The molecule has 0 aliphatic rings. The van der Waals surface area contributed by atoms with Crippen LogP contribution in [-0.2, 0) is 32.5 Å². The summed E-state index contributed by atoms with van der Waals surface area (Å²) in [5, 5.41) is 30.4. The number of aromatic hydroxyl groups is 1. The van der Waals surface area contributed by atoms with E-state index in [-0.39, 0.29) is 26.9 Å². The number of phenols is 1. The number of aromatic nitrogens is 1. The number of hydrogen-bond donors (Lipinski definition) is 1. The molecule has 4 rings (SSSR count). The van der Waals surface area contributed by atoms with Gasteiger partial charge in [-0.2, -0.15) is 0 Å². The molecule has 252 valence electrons. The molecule has 0 fully saturated rings. The van der Waals surface area contributed by atoms with Gasteiger partial charge in [0.1, 0.15) is 27.5 Å². The van der Waals surface area contributed by atoms with E-state index in [2.05, 4.69) is 20.9 Å². The van der Waals surface area contributed by atoms with Crippen LogP contribution in [0.5, 0.6) is 17.2 Å². The molecule has 0 saturated carbocycles. The molecule has 0 spiro atoms. The van der Waals surface area contributed by atoms with Crippen molar-refractivity contribution in [1.82, 2.24) is 4.98 Å². The predicted molar refractivity (Wildman–Crippen MR) is 181 cm³/mol. The zero-order chi connectivity index (χ0) is 35.4. The summed E-state index contributed by atoms with van der Waals surface area (Å²) in [6.07, 6.45) is 5.11. The molecule has 16 heteroatoms. The average molecular weight is 753 g/mol. The van der Waals surface area contributed by atoms with E-state index >= 15 is 0 Å². The first kappa shape index (κ1) is 38.8. The molecule has 0 radical (unpaired) electrons. The van der Waals surface area contributed by atoms with Crippen LogP contribution in [0.25, 0.3) is 0 Å². The highest BCUT2D eigenvalue weighted by molar-refractivity contribution is 9.10. The largest absolute Gasteiger partial charge is 0.508 e. The van der Waals surface area contributed by atoms with Crippen molar-refractivity contribution in [3.8, 4) is 17.2 Å². The Kier molecular flexibility index (Phi) is 14.4. The lowest BCUT2D eigenvalue weighted by atomic mass is 10.1. The van der Waals surface area contributed by atoms with Crippen LogP contribution in [0.15, 0.2) is 93.3 Å². The number of benzene rings is 3. The normalized spacial score (nSPS) is 10.9. The lowest BCUT2D eigenvalue weighted by Gasteiger charge is -2.08. The zero-order valence-corrected chi connectivity index (χ0v) is 29.2. The van der Waals surface area contributed by atoms with Crippen molar-refractivity contribution in [3.63, 3.8) is 0 Å². The molecular weight excluding hydrogens is 718 g/mol. The number of pyridine rings is 1. The van der Waals surface area contributed by atoms with Crippen LogP contribution in [0.1, 0.15) is 37.9 Å². The van der Waals surface area contributed by atoms with E-state index in [1.807, 2.05) is 13.8 Å². The summed E-state index contributed by atoms with van der Waals surface area (Å²) in [4.78, 5) is 25.2. The first-order valence-electron chi connectivity index (χ1n) is 14.0. The summed E-state index contributed by atoms with van der Waals surface area (Å²) < 4.78 is 50.8. The summed E-state index contributed by atoms with van der Waals surface area (Å²) in [7, 11) is -6.38. The summed E-state index contributed by atoms with van der Waals surface area (Å²) in [6.45, 7) is 3.91. The van der Waals surface area contributed by atoms with Crippen molar-refractivity contribution in [2.75, 3.05) is 12.5 Å². The summed E-state index contributed by atoms with van der Waals surface area (Å²) in [6, 6.07) is 19.1. The Labute approximate surface area is 281 Å². The van der Waals surface area contributed by atoms with Gasteiger partial charge < -0.3 is 9.84 Å². The number of halogens is 1. The lowest BCUT2D eigenvalue weighted by molar-refractivity contribution is -0.386.